The molecule has 1 aromatic carbocycles. The Morgan fingerprint density at radius 1 is 1.18 bits per heavy atom. The summed E-state index contributed by atoms with van der Waals surface area (Å²) >= 11 is 2.04. The van der Waals surface area contributed by atoms with E-state index in [9.17, 15) is 0 Å². The van der Waals surface area contributed by atoms with Crippen LogP contribution < -0.4 is 0 Å². The van der Waals surface area contributed by atoms with Crippen LogP contribution in [-0.2, 0) is 0 Å². The number of rotatable bonds is 0. The highest BCUT2D eigenvalue weighted by Crippen LogP contribution is 2.14. The molecule has 0 atom stereocenters. The lowest BCUT2D eigenvalue weighted by Gasteiger charge is -1.94. The molecule has 1 aromatic rings. The van der Waals surface area contributed by atoms with Crippen LogP contribution in [0.2, 0.25) is 0 Å². The molecule has 0 fully saturated rings. The van der Waals surface area contributed by atoms with Gasteiger partial charge in [-0.15, -0.1) is 0 Å². The van der Waals surface area contributed by atoms with E-state index in [1.54, 1.807) is 18.2 Å². The van der Waals surface area contributed by atoms with Crippen molar-refractivity contribution < 1.29 is 0 Å². The van der Waals surface area contributed by atoms with Crippen LogP contribution in [0, 0.1) is 26.2 Å². The third kappa shape index (κ3) is 1.50. The van der Waals surface area contributed by atoms with Crippen LogP contribution in [0.15, 0.2) is 18.2 Å². The van der Waals surface area contributed by atoms with E-state index in [1.807, 2.05) is 34.7 Å². The average molecular weight is 254 g/mol. The highest BCUT2D eigenvalue weighted by atomic mass is 127. The van der Waals surface area contributed by atoms with E-state index in [2.05, 4.69) is 0 Å². The topological polar surface area (TPSA) is 47.6 Å². The summed E-state index contributed by atoms with van der Waals surface area (Å²) in [6, 6.07) is 9.15. The zero-order valence-electron chi connectivity index (χ0n) is 5.50. The lowest BCUT2D eigenvalue weighted by atomic mass is 10.1. The summed E-state index contributed by atoms with van der Waals surface area (Å²) in [7, 11) is 0. The molecule has 0 aliphatic heterocycles. The van der Waals surface area contributed by atoms with Gasteiger partial charge in [0.1, 0.15) is 12.1 Å². The van der Waals surface area contributed by atoms with Crippen molar-refractivity contribution in [3.8, 4) is 12.1 Å². The highest BCUT2D eigenvalue weighted by Gasteiger charge is 2.03. The Morgan fingerprint density at radius 2 is 1.91 bits per heavy atom. The summed E-state index contributed by atoms with van der Waals surface area (Å²) in [6.45, 7) is 0. The van der Waals surface area contributed by atoms with E-state index in [0.717, 1.165) is 3.57 Å². The maximum Gasteiger partial charge on any atom is 0.102 e. The van der Waals surface area contributed by atoms with Gasteiger partial charge in [0.15, 0.2) is 0 Å². The number of nitrogens with zero attached hydrogens (tertiary/aromatic N) is 2. The molecule has 0 aliphatic rings. The van der Waals surface area contributed by atoms with Crippen LogP contribution in [0.3, 0.4) is 0 Å². The number of benzene rings is 1. The van der Waals surface area contributed by atoms with Crippen molar-refractivity contribution in [2.45, 2.75) is 0 Å². The minimum atomic E-state index is 0.444. The van der Waals surface area contributed by atoms with Crippen molar-refractivity contribution in [1.29, 1.82) is 10.5 Å². The zero-order valence-corrected chi connectivity index (χ0v) is 7.66. The molecule has 0 heterocycles. The van der Waals surface area contributed by atoms with Gasteiger partial charge in [-0.3, -0.25) is 0 Å². The Kier molecular flexibility index (Phi) is 2.45. The SMILES string of the molecule is N#Cc1cccc(I)c1C#N. The van der Waals surface area contributed by atoms with Crippen LogP contribution in [0.4, 0.5) is 0 Å². The smallest absolute Gasteiger partial charge is 0.102 e. The quantitative estimate of drug-likeness (QED) is 0.665. The Balaban J connectivity index is 3.42. The molecule has 2 nitrogen and oxygen atoms in total. The lowest BCUT2D eigenvalue weighted by molar-refractivity contribution is 1.41. The predicted octanol–water partition coefficient (Wildman–Crippen LogP) is 2.03. The van der Waals surface area contributed by atoms with Crippen molar-refractivity contribution in [3.63, 3.8) is 0 Å². The summed E-state index contributed by atoms with van der Waals surface area (Å²) in [6.07, 6.45) is 0. The zero-order chi connectivity index (χ0) is 8.27. The molecule has 52 valence electrons. The lowest BCUT2D eigenvalue weighted by Crippen LogP contribution is -1.86. The van der Waals surface area contributed by atoms with Crippen LogP contribution in [0.1, 0.15) is 11.1 Å². The molecule has 0 aromatic heterocycles. The van der Waals surface area contributed by atoms with Crippen LogP contribution in [0.5, 0.6) is 0 Å². The third-order valence-electron chi connectivity index (χ3n) is 1.25. The van der Waals surface area contributed by atoms with Gasteiger partial charge < -0.3 is 0 Å². The van der Waals surface area contributed by atoms with Crippen LogP contribution >= 0.6 is 22.6 Å². The predicted molar refractivity (Wildman–Crippen MR) is 48.6 cm³/mol. The van der Waals surface area contributed by atoms with E-state index in [1.165, 1.54) is 0 Å². The molecule has 0 saturated carbocycles. The van der Waals surface area contributed by atoms with Gasteiger partial charge in [-0.1, -0.05) is 6.07 Å². The van der Waals surface area contributed by atoms with E-state index in [-0.39, 0.29) is 0 Å². The van der Waals surface area contributed by atoms with Gasteiger partial charge in [0.25, 0.3) is 0 Å². The van der Waals surface area contributed by atoms with Gasteiger partial charge in [-0.05, 0) is 34.7 Å². The largest absolute Gasteiger partial charge is 0.192 e. The minimum absolute atomic E-state index is 0.444. The first-order valence-corrected chi connectivity index (χ1v) is 3.96. The number of nitriles is 2. The molecule has 11 heavy (non-hydrogen) atoms. The van der Waals surface area contributed by atoms with E-state index >= 15 is 0 Å². The molecular weight excluding hydrogens is 251 g/mol. The fourth-order valence-corrected chi connectivity index (χ4v) is 1.35. The number of hydrogen-bond donors (Lipinski definition) is 0. The summed E-state index contributed by atoms with van der Waals surface area (Å²) in [5.41, 5.74) is 0.912. The summed E-state index contributed by atoms with van der Waals surface area (Å²) in [4.78, 5) is 0. The third-order valence-corrected chi connectivity index (χ3v) is 2.14. The van der Waals surface area contributed by atoms with Gasteiger partial charge in [-0.25, -0.2) is 0 Å². The molecule has 0 amide bonds. The first kappa shape index (κ1) is 8.03. The molecule has 0 spiro atoms. The Hall–Kier alpha value is -1.07. The number of hydrogen-bond acceptors (Lipinski definition) is 2. The molecule has 0 saturated heterocycles. The first-order valence-electron chi connectivity index (χ1n) is 2.88. The second-order valence-electron chi connectivity index (χ2n) is 1.89. The Bertz CT molecular complexity index is 357. The summed E-state index contributed by atoms with van der Waals surface area (Å²) < 4.78 is 0.823. The van der Waals surface area contributed by atoms with Crippen molar-refractivity contribution >= 4 is 22.6 Å². The van der Waals surface area contributed by atoms with Crippen molar-refractivity contribution in [1.82, 2.24) is 0 Å². The monoisotopic (exact) mass is 254 g/mol. The average Bonchev–Trinajstić information content (AvgIpc) is 2.04. The van der Waals surface area contributed by atoms with E-state index in [0.29, 0.717) is 11.1 Å². The standard InChI is InChI=1S/C8H3IN2/c9-8-3-1-2-6(4-10)7(8)5-11/h1-3H. The van der Waals surface area contributed by atoms with Crippen molar-refractivity contribution in [2.75, 3.05) is 0 Å². The fourth-order valence-electron chi connectivity index (χ4n) is 0.731. The normalized spacial score (nSPS) is 8.27. The first-order chi connectivity index (χ1) is 5.29. The molecule has 0 aliphatic carbocycles. The summed E-state index contributed by atoms with van der Waals surface area (Å²) in [5.74, 6) is 0. The molecule has 3 heteroatoms. The molecule has 0 N–H and O–H groups in total. The van der Waals surface area contributed by atoms with Crippen LogP contribution in [-0.4, -0.2) is 0 Å². The van der Waals surface area contributed by atoms with Crippen molar-refractivity contribution in [2.24, 2.45) is 0 Å². The van der Waals surface area contributed by atoms with E-state index in [4.69, 9.17) is 10.5 Å². The van der Waals surface area contributed by atoms with Gasteiger partial charge in [0, 0.05) is 3.57 Å². The Labute approximate surface area is 78.2 Å². The molecular formula is C8H3IN2. The highest BCUT2D eigenvalue weighted by molar-refractivity contribution is 14.1. The molecule has 0 radical (unpaired) electrons. The van der Waals surface area contributed by atoms with Crippen molar-refractivity contribution in [3.05, 3.63) is 32.9 Å². The Morgan fingerprint density at radius 3 is 2.36 bits per heavy atom. The van der Waals surface area contributed by atoms with Gasteiger partial charge in [0.2, 0.25) is 0 Å². The number of halogens is 1. The fraction of sp³-hybridized carbons (Fsp3) is 0. The van der Waals surface area contributed by atoms with E-state index < -0.39 is 0 Å². The minimum Gasteiger partial charge on any atom is -0.192 e. The molecule has 1 rings (SSSR count). The second-order valence-corrected chi connectivity index (χ2v) is 3.05. The van der Waals surface area contributed by atoms with Gasteiger partial charge >= 0.3 is 0 Å². The second kappa shape index (κ2) is 3.36. The van der Waals surface area contributed by atoms with Gasteiger partial charge in [-0.2, -0.15) is 10.5 Å². The molecule has 0 bridgehead atoms. The van der Waals surface area contributed by atoms with Crippen LogP contribution in [0.25, 0.3) is 0 Å². The maximum atomic E-state index is 8.62. The maximum absolute atomic E-state index is 8.62. The summed E-state index contributed by atoms with van der Waals surface area (Å²) in [5, 5.41) is 17.2. The van der Waals surface area contributed by atoms with Gasteiger partial charge in [0.05, 0.1) is 11.1 Å². The molecule has 0 unspecified atom stereocenters.